The number of carbonyl (C=O) groups excluding carboxylic acids is 2. The van der Waals surface area contributed by atoms with Gasteiger partial charge in [-0.25, -0.2) is 9.79 Å². The Bertz CT molecular complexity index is 1490. The van der Waals surface area contributed by atoms with Crippen LogP contribution in [0.2, 0.25) is 0 Å². The van der Waals surface area contributed by atoms with Crippen molar-refractivity contribution in [3.8, 4) is 5.75 Å². The topological polar surface area (TPSA) is 87.0 Å². The fourth-order valence-electron chi connectivity index (χ4n) is 4.02. The van der Waals surface area contributed by atoms with E-state index < -0.39 is 18.0 Å². The van der Waals surface area contributed by atoms with Gasteiger partial charge in [0.1, 0.15) is 5.75 Å². The molecule has 0 fully saturated rings. The van der Waals surface area contributed by atoms with Crippen molar-refractivity contribution < 1.29 is 19.1 Å². The van der Waals surface area contributed by atoms with Crippen molar-refractivity contribution in [3.63, 3.8) is 0 Å². The summed E-state index contributed by atoms with van der Waals surface area (Å²) in [7, 11) is 1.30. The fraction of sp³-hybridized carbons (Fsp3) is 0.259. The van der Waals surface area contributed by atoms with Crippen molar-refractivity contribution in [3.05, 3.63) is 96.2 Å². The summed E-state index contributed by atoms with van der Waals surface area (Å²) in [5.41, 5.74) is 3.33. The normalized spacial score (nSPS) is 15.6. The highest BCUT2D eigenvalue weighted by molar-refractivity contribution is 7.07. The van der Waals surface area contributed by atoms with Crippen LogP contribution in [0.1, 0.15) is 56.3 Å². The van der Waals surface area contributed by atoms with E-state index in [2.05, 4.69) is 31.0 Å². The average Bonchev–Trinajstić information content (AvgIpc) is 3.12. The number of esters is 2. The molecule has 0 spiro atoms. The summed E-state index contributed by atoms with van der Waals surface area (Å²) in [6, 6.07) is 14.1. The molecule has 1 aliphatic rings. The lowest BCUT2D eigenvalue weighted by Crippen LogP contribution is -2.39. The monoisotopic (exact) mass is 490 g/mol. The standard InChI is InChI=1S/C27H26N2O5S/c1-15(2)19-8-6-18(7-9-19)14-22-25(31)29-24(20-10-12-21(13-11-20)34-17(4)30)23(26(32)33-5)16(3)28-27(29)35-22/h6-15,24H,1-5H3/b22-14-. The van der Waals surface area contributed by atoms with E-state index in [1.807, 2.05) is 18.2 Å². The smallest absolute Gasteiger partial charge is 0.338 e. The number of hydrogen-bond acceptors (Lipinski definition) is 7. The average molecular weight is 491 g/mol. The number of hydrogen-bond donors (Lipinski definition) is 0. The summed E-state index contributed by atoms with van der Waals surface area (Å²) in [5, 5.41) is 0. The molecule has 4 rings (SSSR count). The predicted octanol–water partition coefficient (Wildman–Crippen LogP) is 3.46. The number of benzene rings is 2. The molecular weight excluding hydrogens is 464 g/mol. The second kappa shape index (κ2) is 9.84. The zero-order valence-corrected chi connectivity index (χ0v) is 21.0. The van der Waals surface area contributed by atoms with Gasteiger partial charge in [0.25, 0.3) is 5.56 Å². The molecule has 0 radical (unpaired) electrons. The van der Waals surface area contributed by atoms with E-state index in [0.29, 0.717) is 32.3 Å². The lowest BCUT2D eigenvalue weighted by molar-refractivity contribution is -0.136. The quantitative estimate of drug-likeness (QED) is 0.404. The van der Waals surface area contributed by atoms with Crippen LogP contribution in [0.4, 0.5) is 0 Å². The number of thiazole rings is 1. The van der Waals surface area contributed by atoms with Crippen molar-refractivity contribution in [2.75, 3.05) is 7.11 Å². The fourth-order valence-corrected chi connectivity index (χ4v) is 5.07. The van der Waals surface area contributed by atoms with Gasteiger partial charge in [-0.15, -0.1) is 0 Å². The molecule has 1 unspecified atom stereocenters. The number of fused-ring (bicyclic) bond motifs is 1. The summed E-state index contributed by atoms with van der Waals surface area (Å²) in [6.45, 7) is 7.32. The van der Waals surface area contributed by atoms with Crippen molar-refractivity contribution in [2.24, 2.45) is 4.99 Å². The Labute approximate surface area is 206 Å². The number of nitrogens with zero attached hydrogens (tertiary/aromatic N) is 2. The molecule has 2 heterocycles. The van der Waals surface area contributed by atoms with Gasteiger partial charge in [0, 0.05) is 6.92 Å². The Morgan fingerprint density at radius 3 is 2.31 bits per heavy atom. The summed E-state index contributed by atoms with van der Waals surface area (Å²) in [5.74, 6) is -0.197. The van der Waals surface area contributed by atoms with Gasteiger partial charge in [0.15, 0.2) is 4.80 Å². The lowest BCUT2D eigenvalue weighted by Gasteiger charge is -2.24. The van der Waals surface area contributed by atoms with E-state index in [9.17, 15) is 14.4 Å². The van der Waals surface area contributed by atoms with E-state index in [4.69, 9.17) is 9.47 Å². The largest absolute Gasteiger partial charge is 0.466 e. The Hall–Kier alpha value is -3.78. The molecule has 8 heteroatoms. The van der Waals surface area contributed by atoms with Crippen LogP contribution < -0.4 is 19.6 Å². The molecule has 0 saturated carbocycles. The van der Waals surface area contributed by atoms with Crippen LogP contribution in [0.5, 0.6) is 5.75 Å². The molecule has 0 amide bonds. The van der Waals surface area contributed by atoms with Gasteiger partial charge < -0.3 is 9.47 Å². The number of allylic oxidation sites excluding steroid dienone is 1. The minimum Gasteiger partial charge on any atom is -0.466 e. The number of ether oxygens (including phenoxy) is 2. The minimum atomic E-state index is -0.726. The SMILES string of the molecule is COC(=O)C1=C(C)N=c2s/c(=C\c3ccc(C(C)C)cc3)c(=O)n2C1c1ccc(OC(C)=O)cc1. The van der Waals surface area contributed by atoms with E-state index in [-0.39, 0.29) is 11.1 Å². The zero-order valence-electron chi connectivity index (χ0n) is 20.2. The molecule has 35 heavy (non-hydrogen) atoms. The summed E-state index contributed by atoms with van der Waals surface area (Å²) in [4.78, 5) is 42.7. The zero-order chi connectivity index (χ0) is 25.3. The molecule has 0 aliphatic carbocycles. The van der Waals surface area contributed by atoms with E-state index in [1.165, 1.54) is 35.5 Å². The third-order valence-electron chi connectivity index (χ3n) is 5.79. The Balaban J connectivity index is 1.86. The van der Waals surface area contributed by atoms with Crippen molar-refractivity contribution in [1.82, 2.24) is 4.57 Å². The number of carbonyl (C=O) groups is 2. The summed E-state index contributed by atoms with van der Waals surface area (Å²) < 4.78 is 12.2. The van der Waals surface area contributed by atoms with Crippen LogP contribution >= 0.6 is 11.3 Å². The summed E-state index contributed by atoms with van der Waals surface area (Å²) in [6.07, 6.45) is 1.84. The van der Waals surface area contributed by atoms with E-state index in [0.717, 1.165) is 5.56 Å². The maximum absolute atomic E-state index is 13.6. The first kappa shape index (κ1) is 24.3. The van der Waals surface area contributed by atoms with Crippen LogP contribution in [0.25, 0.3) is 6.08 Å². The number of methoxy groups -OCH3 is 1. The third kappa shape index (κ3) is 4.88. The first-order valence-corrected chi connectivity index (χ1v) is 12.0. The van der Waals surface area contributed by atoms with Gasteiger partial charge in [-0.2, -0.15) is 0 Å². The van der Waals surface area contributed by atoms with Crippen LogP contribution in [0.15, 0.2) is 69.6 Å². The predicted molar refractivity (Wildman–Crippen MR) is 134 cm³/mol. The highest BCUT2D eigenvalue weighted by Gasteiger charge is 2.33. The Morgan fingerprint density at radius 2 is 1.74 bits per heavy atom. The van der Waals surface area contributed by atoms with Gasteiger partial charge in [0.05, 0.1) is 29.0 Å². The highest BCUT2D eigenvalue weighted by atomic mass is 32.1. The second-order valence-corrected chi connectivity index (χ2v) is 9.57. The van der Waals surface area contributed by atoms with Crippen molar-refractivity contribution in [1.29, 1.82) is 0 Å². The molecule has 180 valence electrons. The minimum absolute atomic E-state index is 0.246. The van der Waals surface area contributed by atoms with E-state index >= 15 is 0 Å². The maximum atomic E-state index is 13.6. The lowest BCUT2D eigenvalue weighted by atomic mass is 9.96. The van der Waals surface area contributed by atoms with Crippen LogP contribution in [-0.4, -0.2) is 23.6 Å². The maximum Gasteiger partial charge on any atom is 0.338 e. The molecule has 2 aromatic carbocycles. The van der Waals surface area contributed by atoms with Crippen molar-refractivity contribution in [2.45, 2.75) is 39.7 Å². The van der Waals surface area contributed by atoms with E-state index in [1.54, 1.807) is 31.2 Å². The molecule has 1 aliphatic heterocycles. The molecule has 3 aromatic rings. The molecule has 1 atom stereocenters. The van der Waals surface area contributed by atoms with Crippen molar-refractivity contribution >= 4 is 29.4 Å². The number of aromatic nitrogens is 1. The highest BCUT2D eigenvalue weighted by Crippen LogP contribution is 2.31. The van der Waals surface area contributed by atoms with Gasteiger partial charge in [-0.05, 0) is 47.7 Å². The van der Waals surface area contributed by atoms with Crippen LogP contribution in [0.3, 0.4) is 0 Å². The van der Waals surface area contributed by atoms with Gasteiger partial charge >= 0.3 is 11.9 Å². The van der Waals surface area contributed by atoms with Crippen LogP contribution in [0, 0.1) is 0 Å². The Morgan fingerprint density at radius 1 is 1.09 bits per heavy atom. The first-order chi connectivity index (χ1) is 16.7. The third-order valence-corrected chi connectivity index (χ3v) is 6.77. The number of rotatable bonds is 5. The second-order valence-electron chi connectivity index (χ2n) is 8.56. The van der Waals surface area contributed by atoms with Gasteiger partial charge in [0.2, 0.25) is 0 Å². The first-order valence-electron chi connectivity index (χ1n) is 11.2. The molecule has 0 bridgehead atoms. The molecular formula is C27H26N2O5S. The molecule has 0 saturated heterocycles. The summed E-state index contributed by atoms with van der Waals surface area (Å²) >= 11 is 1.27. The van der Waals surface area contributed by atoms with Gasteiger partial charge in [-0.1, -0.05) is 61.6 Å². The molecule has 0 N–H and O–H groups in total. The Kier molecular flexibility index (Phi) is 6.84. The molecule has 1 aromatic heterocycles. The van der Waals surface area contributed by atoms with Gasteiger partial charge in [-0.3, -0.25) is 14.2 Å². The van der Waals surface area contributed by atoms with Crippen LogP contribution in [-0.2, 0) is 14.3 Å². The molecule has 7 nitrogen and oxygen atoms in total.